The molecule has 1 heterocycles. The van der Waals surface area contributed by atoms with E-state index in [1.54, 1.807) is 0 Å². The molecule has 0 bridgehead atoms. The molecule has 0 fully saturated rings. The predicted molar refractivity (Wildman–Crippen MR) is 118 cm³/mol. The summed E-state index contributed by atoms with van der Waals surface area (Å²) in [6, 6.07) is 0.582. The number of allylic oxidation sites excluding steroid dienone is 1. The monoisotopic (exact) mass is 362 g/mol. The van der Waals surface area contributed by atoms with E-state index < -0.39 is 0 Å². The molecule has 0 aromatic carbocycles. The Bertz CT molecular complexity index is 348. The van der Waals surface area contributed by atoms with Crippen LogP contribution in [0.15, 0.2) is 17.1 Å². The molecule has 1 unspecified atom stereocenters. The van der Waals surface area contributed by atoms with E-state index in [0.717, 1.165) is 13.1 Å². The average Bonchev–Trinajstić information content (AvgIpc) is 3.19. The second-order valence-corrected chi connectivity index (χ2v) is 8.07. The van der Waals surface area contributed by atoms with Crippen LogP contribution in [0.3, 0.4) is 0 Å². The largest absolute Gasteiger partial charge is 0.355 e. The van der Waals surface area contributed by atoms with Gasteiger partial charge in [0.05, 0.1) is 12.9 Å². The van der Waals surface area contributed by atoms with E-state index in [0.29, 0.717) is 6.04 Å². The standard InChI is InChI=1S/C24H46N2/c1-3-5-7-8-9-10-11-12-13-14-15-16-17-18-20-24(19-6-4-2)26-22-21-25-23-26/h18,20,23-24H,3-17,19,21-22H2,1-2H3/b20-18+. The van der Waals surface area contributed by atoms with Gasteiger partial charge in [0.1, 0.15) is 0 Å². The second kappa shape index (κ2) is 17.6. The highest BCUT2D eigenvalue weighted by molar-refractivity contribution is 5.58. The summed E-state index contributed by atoms with van der Waals surface area (Å²) in [6.07, 6.45) is 29.3. The molecule has 0 saturated heterocycles. The smallest absolute Gasteiger partial charge is 0.0856 e. The Hall–Kier alpha value is -0.790. The van der Waals surface area contributed by atoms with E-state index in [-0.39, 0.29) is 0 Å². The minimum absolute atomic E-state index is 0.582. The fraction of sp³-hybridized carbons (Fsp3) is 0.875. The van der Waals surface area contributed by atoms with Gasteiger partial charge >= 0.3 is 0 Å². The zero-order chi connectivity index (χ0) is 18.7. The molecule has 2 nitrogen and oxygen atoms in total. The van der Waals surface area contributed by atoms with Gasteiger partial charge in [-0.3, -0.25) is 4.99 Å². The van der Waals surface area contributed by atoms with Crippen molar-refractivity contribution in [3.63, 3.8) is 0 Å². The summed E-state index contributed by atoms with van der Waals surface area (Å²) < 4.78 is 0. The summed E-state index contributed by atoms with van der Waals surface area (Å²) in [6.45, 7) is 6.67. The van der Waals surface area contributed by atoms with Crippen molar-refractivity contribution in [3.8, 4) is 0 Å². The summed E-state index contributed by atoms with van der Waals surface area (Å²) in [7, 11) is 0. The highest BCUT2D eigenvalue weighted by atomic mass is 15.2. The Morgan fingerprint density at radius 3 is 1.92 bits per heavy atom. The number of aliphatic imine (C=N–C) groups is 1. The van der Waals surface area contributed by atoms with Gasteiger partial charge in [0.25, 0.3) is 0 Å². The van der Waals surface area contributed by atoms with E-state index in [1.165, 1.54) is 103 Å². The van der Waals surface area contributed by atoms with Crippen molar-refractivity contribution in [1.82, 2.24) is 4.90 Å². The van der Waals surface area contributed by atoms with Crippen molar-refractivity contribution in [3.05, 3.63) is 12.2 Å². The number of nitrogens with zero attached hydrogens (tertiary/aromatic N) is 2. The van der Waals surface area contributed by atoms with Crippen molar-refractivity contribution >= 4 is 6.34 Å². The lowest BCUT2D eigenvalue weighted by atomic mass is 10.0. The highest BCUT2D eigenvalue weighted by Crippen LogP contribution is 2.14. The summed E-state index contributed by atoms with van der Waals surface area (Å²) in [5.74, 6) is 0. The maximum absolute atomic E-state index is 4.38. The van der Waals surface area contributed by atoms with Gasteiger partial charge in [-0.25, -0.2) is 0 Å². The SMILES string of the molecule is CCCCCCCCCCCCCC/C=C/C(CCCC)N1C=NCC1. The van der Waals surface area contributed by atoms with Gasteiger partial charge in [-0.05, 0) is 19.3 Å². The van der Waals surface area contributed by atoms with Crippen molar-refractivity contribution in [2.45, 2.75) is 123 Å². The summed E-state index contributed by atoms with van der Waals surface area (Å²) >= 11 is 0. The fourth-order valence-electron chi connectivity index (χ4n) is 3.79. The van der Waals surface area contributed by atoms with Crippen LogP contribution in [-0.4, -0.2) is 30.4 Å². The first-order chi connectivity index (χ1) is 12.9. The summed E-state index contributed by atoms with van der Waals surface area (Å²) in [5.41, 5.74) is 0. The van der Waals surface area contributed by atoms with Crippen LogP contribution in [0.2, 0.25) is 0 Å². The van der Waals surface area contributed by atoms with Crippen molar-refractivity contribution in [2.24, 2.45) is 4.99 Å². The average molecular weight is 363 g/mol. The van der Waals surface area contributed by atoms with E-state index in [1.807, 2.05) is 0 Å². The summed E-state index contributed by atoms with van der Waals surface area (Å²) in [5, 5.41) is 0. The van der Waals surface area contributed by atoms with Crippen LogP contribution in [0.1, 0.15) is 117 Å². The van der Waals surface area contributed by atoms with Gasteiger partial charge in [0, 0.05) is 12.6 Å². The molecule has 1 rings (SSSR count). The molecule has 0 N–H and O–H groups in total. The molecule has 0 aromatic heterocycles. The fourth-order valence-corrected chi connectivity index (χ4v) is 3.79. The molecule has 1 aliphatic heterocycles. The molecule has 26 heavy (non-hydrogen) atoms. The normalized spacial score (nSPS) is 15.4. The number of hydrogen-bond acceptors (Lipinski definition) is 2. The second-order valence-electron chi connectivity index (χ2n) is 8.07. The van der Waals surface area contributed by atoms with Crippen LogP contribution in [-0.2, 0) is 0 Å². The van der Waals surface area contributed by atoms with Gasteiger partial charge in [-0.15, -0.1) is 0 Å². The zero-order valence-corrected chi connectivity index (χ0v) is 17.9. The highest BCUT2D eigenvalue weighted by Gasteiger charge is 2.14. The first kappa shape index (κ1) is 23.2. The van der Waals surface area contributed by atoms with Crippen LogP contribution >= 0.6 is 0 Å². The first-order valence-electron chi connectivity index (χ1n) is 11.8. The molecule has 2 heteroatoms. The molecule has 0 radical (unpaired) electrons. The molecular formula is C24H46N2. The van der Waals surface area contributed by atoms with Crippen LogP contribution < -0.4 is 0 Å². The lowest BCUT2D eigenvalue weighted by Crippen LogP contribution is -2.31. The number of hydrogen-bond donors (Lipinski definition) is 0. The van der Waals surface area contributed by atoms with Crippen LogP contribution in [0, 0.1) is 0 Å². The predicted octanol–water partition coefficient (Wildman–Crippen LogP) is 7.54. The molecule has 0 saturated carbocycles. The Balaban J connectivity index is 1.93. The van der Waals surface area contributed by atoms with Gasteiger partial charge in [-0.1, -0.05) is 109 Å². The van der Waals surface area contributed by atoms with Crippen LogP contribution in [0.5, 0.6) is 0 Å². The van der Waals surface area contributed by atoms with Crippen molar-refractivity contribution in [1.29, 1.82) is 0 Å². The Morgan fingerprint density at radius 2 is 1.38 bits per heavy atom. The molecule has 1 aliphatic rings. The van der Waals surface area contributed by atoms with Gasteiger partial charge in [-0.2, -0.15) is 0 Å². The number of rotatable bonds is 18. The summed E-state index contributed by atoms with van der Waals surface area (Å²) in [4.78, 5) is 6.80. The third-order valence-corrected chi connectivity index (χ3v) is 5.58. The first-order valence-corrected chi connectivity index (χ1v) is 11.8. The topological polar surface area (TPSA) is 15.6 Å². The maximum Gasteiger partial charge on any atom is 0.0856 e. The van der Waals surface area contributed by atoms with Crippen LogP contribution in [0.4, 0.5) is 0 Å². The van der Waals surface area contributed by atoms with Gasteiger partial charge < -0.3 is 4.90 Å². The molecule has 0 aromatic rings. The third kappa shape index (κ3) is 12.5. The third-order valence-electron chi connectivity index (χ3n) is 5.58. The van der Waals surface area contributed by atoms with E-state index in [9.17, 15) is 0 Å². The van der Waals surface area contributed by atoms with Crippen molar-refractivity contribution in [2.75, 3.05) is 13.1 Å². The van der Waals surface area contributed by atoms with E-state index in [4.69, 9.17) is 0 Å². The minimum Gasteiger partial charge on any atom is -0.355 e. The quantitative estimate of drug-likeness (QED) is 0.182. The maximum atomic E-state index is 4.38. The lowest BCUT2D eigenvalue weighted by molar-refractivity contribution is 0.370. The van der Waals surface area contributed by atoms with Crippen LogP contribution in [0.25, 0.3) is 0 Å². The van der Waals surface area contributed by atoms with E-state index >= 15 is 0 Å². The van der Waals surface area contributed by atoms with E-state index in [2.05, 4.69) is 42.2 Å². The Kier molecular flexibility index (Phi) is 15.8. The molecule has 1 atom stereocenters. The molecule has 0 spiro atoms. The Morgan fingerprint density at radius 1 is 0.808 bits per heavy atom. The Labute approximate surface area is 164 Å². The van der Waals surface area contributed by atoms with Gasteiger partial charge in [0.2, 0.25) is 0 Å². The molecule has 0 amide bonds. The van der Waals surface area contributed by atoms with Crippen molar-refractivity contribution < 1.29 is 0 Å². The number of unbranched alkanes of at least 4 members (excludes halogenated alkanes) is 13. The molecule has 0 aliphatic carbocycles. The zero-order valence-electron chi connectivity index (χ0n) is 17.9. The lowest BCUT2D eigenvalue weighted by Gasteiger charge is -2.23. The molecular weight excluding hydrogens is 316 g/mol. The molecule has 152 valence electrons. The van der Waals surface area contributed by atoms with Gasteiger partial charge in [0.15, 0.2) is 0 Å². The minimum atomic E-state index is 0.582.